The Morgan fingerprint density at radius 2 is 1.54 bits per heavy atom. The third-order valence-corrected chi connectivity index (χ3v) is 3.47. The maximum Gasteiger partial charge on any atom is 0.408 e. The minimum absolute atomic E-state index is 0.0574. The summed E-state index contributed by atoms with van der Waals surface area (Å²) in [5.74, 6) is -0.422. The molecule has 1 atom stereocenters. The first-order valence-electron chi connectivity index (χ1n) is 8.59. The average Bonchev–Trinajstić information content (AvgIpc) is 2.59. The Bertz CT molecular complexity index is 708. The predicted octanol–water partition coefficient (Wildman–Crippen LogP) is 3.98. The number of rotatable bonds is 6. The number of benzene rings is 2. The molecule has 138 valence electrons. The second-order valence-electron chi connectivity index (χ2n) is 7.00. The van der Waals surface area contributed by atoms with E-state index in [0.29, 0.717) is 12.0 Å². The highest BCUT2D eigenvalue weighted by atomic mass is 16.6. The average molecular weight is 355 g/mol. The van der Waals surface area contributed by atoms with Crippen LogP contribution in [0.25, 0.3) is 0 Å². The molecule has 0 aliphatic carbocycles. The number of hydrogen-bond donors (Lipinski definition) is 1. The van der Waals surface area contributed by atoms with E-state index < -0.39 is 17.7 Å². The van der Waals surface area contributed by atoms with E-state index in [4.69, 9.17) is 9.47 Å². The van der Waals surface area contributed by atoms with E-state index in [1.54, 1.807) is 45.0 Å². The van der Waals surface area contributed by atoms with Gasteiger partial charge in [-0.1, -0.05) is 48.5 Å². The number of hydrogen-bond acceptors (Lipinski definition) is 4. The topological polar surface area (TPSA) is 64.6 Å². The van der Waals surface area contributed by atoms with E-state index in [-0.39, 0.29) is 12.6 Å². The van der Waals surface area contributed by atoms with E-state index in [0.717, 1.165) is 5.56 Å². The van der Waals surface area contributed by atoms with Gasteiger partial charge in [-0.3, -0.25) is 0 Å². The number of esters is 1. The van der Waals surface area contributed by atoms with Gasteiger partial charge in [-0.15, -0.1) is 0 Å². The number of carbonyl (C=O) groups is 2. The fourth-order valence-electron chi connectivity index (χ4n) is 2.36. The van der Waals surface area contributed by atoms with Crippen molar-refractivity contribution < 1.29 is 19.1 Å². The van der Waals surface area contributed by atoms with Gasteiger partial charge in [0.15, 0.2) is 0 Å². The summed E-state index contributed by atoms with van der Waals surface area (Å²) in [4.78, 5) is 24.3. The summed E-state index contributed by atoms with van der Waals surface area (Å²) in [6.45, 7) is 5.46. The molecule has 0 aliphatic rings. The van der Waals surface area contributed by atoms with Crippen LogP contribution in [0.5, 0.6) is 0 Å². The number of alkyl carbamates (subject to hydrolysis) is 1. The zero-order valence-electron chi connectivity index (χ0n) is 15.4. The van der Waals surface area contributed by atoms with Gasteiger partial charge < -0.3 is 14.8 Å². The Morgan fingerprint density at radius 1 is 0.962 bits per heavy atom. The van der Waals surface area contributed by atoms with Crippen LogP contribution in [-0.2, 0) is 15.9 Å². The molecule has 0 aliphatic heterocycles. The van der Waals surface area contributed by atoms with E-state index in [1.165, 1.54) is 0 Å². The minimum atomic E-state index is -0.595. The number of carbonyl (C=O) groups excluding carboxylic acids is 2. The first kappa shape index (κ1) is 19.5. The van der Waals surface area contributed by atoms with Crippen molar-refractivity contribution in [3.8, 4) is 0 Å². The molecule has 26 heavy (non-hydrogen) atoms. The zero-order chi connectivity index (χ0) is 19.0. The van der Waals surface area contributed by atoms with Crippen molar-refractivity contribution >= 4 is 12.1 Å². The van der Waals surface area contributed by atoms with Crippen LogP contribution in [0, 0.1) is 0 Å². The van der Waals surface area contributed by atoms with Gasteiger partial charge in [0.2, 0.25) is 0 Å². The van der Waals surface area contributed by atoms with Gasteiger partial charge in [-0.25, -0.2) is 9.59 Å². The molecule has 0 heterocycles. The monoisotopic (exact) mass is 355 g/mol. The Labute approximate surface area is 154 Å². The van der Waals surface area contributed by atoms with Crippen LogP contribution >= 0.6 is 0 Å². The van der Waals surface area contributed by atoms with Crippen molar-refractivity contribution in [3.63, 3.8) is 0 Å². The Kier molecular flexibility index (Phi) is 6.78. The van der Waals surface area contributed by atoms with Gasteiger partial charge in [0.25, 0.3) is 0 Å². The molecule has 1 amide bonds. The van der Waals surface area contributed by atoms with Crippen LogP contribution in [0.1, 0.15) is 36.7 Å². The van der Waals surface area contributed by atoms with Gasteiger partial charge in [-0.2, -0.15) is 0 Å². The molecule has 2 aromatic rings. The summed E-state index contributed by atoms with van der Waals surface area (Å²) in [6.07, 6.45) is -0.00324. The molecule has 0 aromatic heterocycles. The first-order valence-corrected chi connectivity index (χ1v) is 8.59. The molecule has 5 heteroatoms. The Balaban J connectivity index is 2.00. The van der Waals surface area contributed by atoms with Crippen LogP contribution in [0.2, 0.25) is 0 Å². The van der Waals surface area contributed by atoms with E-state index >= 15 is 0 Å². The molecule has 5 nitrogen and oxygen atoms in total. The number of nitrogens with one attached hydrogen (secondary N) is 1. The predicted molar refractivity (Wildman–Crippen MR) is 100 cm³/mol. The van der Waals surface area contributed by atoms with Crippen molar-refractivity contribution in [2.75, 3.05) is 6.61 Å². The molecule has 0 fully saturated rings. The van der Waals surface area contributed by atoms with E-state index in [9.17, 15) is 9.59 Å². The van der Waals surface area contributed by atoms with Crippen LogP contribution in [-0.4, -0.2) is 30.3 Å². The second-order valence-corrected chi connectivity index (χ2v) is 7.00. The second kappa shape index (κ2) is 9.04. The summed E-state index contributed by atoms with van der Waals surface area (Å²) in [7, 11) is 0. The minimum Gasteiger partial charge on any atom is -0.460 e. The molecule has 0 saturated heterocycles. The Hall–Kier alpha value is -2.82. The van der Waals surface area contributed by atoms with Crippen molar-refractivity contribution in [2.45, 2.75) is 38.8 Å². The van der Waals surface area contributed by atoms with Gasteiger partial charge >= 0.3 is 12.1 Å². The standard InChI is InChI=1S/C21H25NO4/c1-21(2,3)26-20(24)22-18(14-16-10-6-4-7-11-16)15-25-19(23)17-12-8-5-9-13-17/h4-13,18H,14-15H2,1-3H3,(H,22,24). The maximum atomic E-state index is 12.1. The summed E-state index contributed by atoms with van der Waals surface area (Å²) >= 11 is 0. The number of ether oxygens (including phenoxy) is 2. The van der Waals surface area contributed by atoms with Crippen molar-refractivity contribution in [1.82, 2.24) is 5.32 Å². The summed E-state index contributed by atoms with van der Waals surface area (Å²) in [5, 5.41) is 2.79. The van der Waals surface area contributed by atoms with Gasteiger partial charge in [0.1, 0.15) is 12.2 Å². The van der Waals surface area contributed by atoms with Crippen LogP contribution in [0.3, 0.4) is 0 Å². The third kappa shape index (κ3) is 6.97. The highest BCUT2D eigenvalue weighted by Crippen LogP contribution is 2.09. The smallest absolute Gasteiger partial charge is 0.408 e. The highest BCUT2D eigenvalue weighted by molar-refractivity contribution is 5.89. The maximum absolute atomic E-state index is 12.1. The zero-order valence-corrected chi connectivity index (χ0v) is 15.4. The molecule has 2 rings (SSSR count). The molecular formula is C21H25NO4. The van der Waals surface area contributed by atoms with Crippen molar-refractivity contribution in [3.05, 3.63) is 71.8 Å². The molecular weight excluding hydrogens is 330 g/mol. The summed E-state index contributed by atoms with van der Waals surface area (Å²) in [5.41, 5.74) is 0.912. The molecule has 0 spiro atoms. The normalized spacial score (nSPS) is 12.1. The first-order chi connectivity index (χ1) is 12.3. The van der Waals surface area contributed by atoms with Crippen LogP contribution < -0.4 is 5.32 Å². The highest BCUT2D eigenvalue weighted by Gasteiger charge is 2.21. The summed E-state index contributed by atoms with van der Waals surface area (Å²) in [6, 6.07) is 18.1. The lowest BCUT2D eigenvalue weighted by Crippen LogP contribution is -2.43. The molecule has 0 saturated carbocycles. The Morgan fingerprint density at radius 3 is 2.12 bits per heavy atom. The van der Waals surface area contributed by atoms with Gasteiger partial charge in [-0.05, 0) is 44.9 Å². The van der Waals surface area contributed by atoms with Crippen LogP contribution in [0.4, 0.5) is 4.79 Å². The molecule has 0 bridgehead atoms. The van der Waals surface area contributed by atoms with Gasteiger partial charge in [0, 0.05) is 0 Å². The lowest BCUT2D eigenvalue weighted by molar-refractivity contribution is 0.0369. The lowest BCUT2D eigenvalue weighted by atomic mass is 10.1. The molecule has 2 aromatic carbocycles. The van der Waals surface area contributed by atoms with Gasteiger partial charge in [0.05, 0.1) is 11.6 Å². The van der Waals surface area contributed by atoms with Crippen molar-refractivity contribution in [2.24, 2.45) is 0 Å². The largest absolute Gasteiger partial charge is 0.460 e. The fourth-order valence-corrected chi connectivity index (χ4v) is 2.36. The molecule has 0 radical (unpaired) electrons. The summed E-state index contributed by atoms with van der Waals surface area (Å²) < 4.78 is 10.7. The number of amides is 1. The molecule has 1 N–H and O–H groups in total. The SMILES string of the molecule is CC(C)(C)OC(=O)NC(COC(=O)c1ccccc1)Cc1ccccc1. The fraction of sp³-hybridized carbons (Fsp3) is 0.333. The van der Waals surface area contributed by atoms with E-state index in [1.807, 2.05) is 36.4 Å². The third-order valence-electron chi connectivity index (χ3n) is 3.47. The molecule has 1 unspecified atom stereocenters. The van der Waals surface area contributed by atoms with Crippen molar-refractivity contribution in [1.29, 1.82) is 0 Å². The van der Waals surface area contributed by atoms with Crippen LogP contribution in [0.15, 0.2) is 60.7 Å². The van der Waals surface area contributed by atoms with E-state index in [2.05, 4.69) is 5.32 Å². The lowest BCUT2D eigenvalue weighted by Gasteiger charge is -2.23. The quantitative estimate of drug-likeness (QED) is 0.796.